The van der Waals surface area contributed by atoms with E-state index < -0.39 is 10.7 Å². The highest BCUT2D eigenvalue weighted by Gasteiger charge is 2.33. The molecule has 5 rings (SSSR count). The van der Waals surface area contributed by atoms with Gasteiger partial charge in [0.15, 0.2) is 17.3 Å². The van der Waals surface area contributed by atoms with Gasteiger partial charge in [-0.1, -0.05) is 12.1 Å². The number of nitrogens with zero attached hydrogens (tertiary/aromatic N) is 7. The maximum atomic E-state index is 14.3. The second kappa shape index (κ2) is 5.81. The van der Waals surface area contributed by atoms with E-state index in [-0.39, 0.29) is 17.1 Å². The van der Waals surface area contributed by atoms with Gasteiger partial charge in [0, 0.05) is 24.5 Å². The topological polar surface area (TPSA) is 129 Å². The molecule has 1 saturated heterocycles. The van der Waals surface area contributed by atoms with Gasteiger partial charge < -0.3 is 15.2 Å². The van der Waals surface area contributed by atoms with Crippen molar-refractivity contribution in [2.75, 3.05) is 23.7 Å². The lowest BCUT2D eigenvalue weighted by Crippen LogP contribution is -2.48. The van der Waals surface area contributed by atoms with E-state index >= 15 is 0 Å². The second-order valence-electron chi connectivity index (χ2n) is 6.53. The van der Waals surface area contributed by atoms with Gasteiger partial charge >= 0.3 is 0 Å². The molecule has 0 spiro atoms. The molecule has 0 unspecified atom stereocenters. The fraction of sp³-hybridized carbons (Fsp3) is 0.176. The lowest BCUT2D eigenvalue weighted by Gasteiger charge is -2.41. The molecule has 10 nitrogen and oxygen atoms in total. The molecule has 1 fully saturated rings. The summed E-state index contributed by atoms with van der Waals surface area (Å²) in [5.41, 5.74) is 6.74. The minimum absolute atomic E-state index is 0.0328. The molecule has 0 bridgehead atoms. The first-order chi connectivity index (χ1) is 13.5. The van der Waals surface area contributed by atoms with Gasteiger partial charge in [0.25, 0.3) is 5.69 Å². The van der Waals surface area contributed by atoms with Crippen molar-refractivity contribution in [3.8, 4) is 0 Å². The Bertz CT molecular complexity index is 1250. The van der Waals surface area contributed by atoms with Crippen LogP contribution in [0, 0.1) is 15.9 Å². The van der Waals surface area contributed by atoms with Crippen molar-refractivity contribution in [2.24, 2.45) is 0 Å². The summed E-state index contributed by atoms with van der Waals surface area (Å²) < 4.78 is 16.2. The third-order valence-corrected chi connectivity index (χ3v) is 4.96. The molecule has 0 atom stereocenters. The van der Waals surface area contributed by atoms with Crippen LogP contribution in [0.25, 0.3) is 21.9 Å². The lowest BCUT2D eigenvalue weighted by molar-refractivity contribution is -0.383. The number of benzene rings is 1. The number of hydrogen-bond donors (Lipinski definition) is 1. The molecular weight excluding hydrogens is 367 g/mol. The number of fused-ring (bicyclic) bond motifs is 2. The van der Waals surface area contributed by atoms with Crippen molar-refractivity contribution in [1.29, 1.82) is 0 Å². The van der Waals surface area contributed by atoms with Gasteiger partial charge in [-0.25, -0.2) is 24.3 Å². The maximum absolute atomic E-state index is 14.3. The maximum Gasteiger partial charge on any atom is 0.280 e. The minimum Gasteiger partial charge on any atom is -0.382 e. The molecule has 1 aromatic carbocycles. The van der Waals surface area contributed by atoms with E-state index in [1.165, 1.54) is 18.5 Å². The van der Waals surface area contributed by atoms with Crippen LogP contribution in [0.4, 0.5) is 21.7 Å². The fourth-order valence-electron chi connectivity index (χ4n) is 3.57. The van der Waals surface area contributed by atoms with Gasteiger partial charge in [0.2, 0.25) is 0 Å². The highest BCUT2D eigenvalue weighted by Crippen LogP contribution is 2.37. The molecule has 1 aliphatic heterocycles. The highest BCUT2D eigenvalue weighted by atomic mass is 19.1. The average molecular weight is 380 g/mol. The first-order valence-electron chi connectivity index (χ1n) is 8.44. The number of nitrogen functional groups attached to an aromatic ring is 1. The first kappa shape index (κ1) is 16.3. The van der Waals surface area contributed by atoms with Crippen LogP contribution >= 0.6 is 0 Å². The average Bonchev–Trinajstić information content (AvgIpc) is 3.07. The number of nitrogens with two attached hydrogens (primary N) is 1. The van der Waals surface area contributed by atoms with Crippen LogP contribution in [0.1, 0.15) is 6.04 Å². The largest absolute Gasteiger partial charge is 0.382 e. The van der Waals surface area contributed by atoms with E-state index in [2.05, 4.69) is 19.9 Å². The molecule has 4 heterocycles. The Morgan fingerprint density at radius 1 is 1.21 bits per heavy atom. The van der Waals surface area contributed by atoms with Crippen molar-refractivity contribution >= 4 is 39.3 Å². The van der Waals surface area contributed by atoms with Crippen LogP contribution in [-0.2, 0) is 0 Å². The number of hydrogen-bond acceptors (Lipinski definition) is 8. The monoisotopic (exact) mass is 380 g/mol. The van der Waals surface area contributed by atoms with Crippen LogP contribution in [-0.4, -0.2) is 42.5 Å². The van der Waals surface area contributed by atoms with Gasteiger partial charge in [0.05, 0.1) is 23.5 Å². The Balaban J connectivity index is 1.50. The Labute approximate surface area is 156 Å². The molecule has 0 radical (unpaired) electrons. The summed E-state index contributed by atoms with van der Waals surface area (Å²) >= 11 is 0. The van der Waals surface area contributed by atoms with Gasteiger partial charge in [-0.3, -0.25) is 10.1 Å². The Kier molecular flexibility index (Phi) is 3.38. The quantitative estimate of drug-likeness (QED) is 0.422. The third-order valence-electron chi connectivity index (χ3n) is 4.96. The fourth-order valence-corrected chi connectivity index (χ4v) is 3.57. The van der Waals surface area contributed by atoms with Gasteiger partial charge in [-0.2, -0.15) is 0 Å². The Hall–Kier alpha value is -3.89. The zero-order chi connectivity index (χ0) is 19.4. The summed E-state index contributed by atoms with van der Waals surface area (Å²) in [6.45, 7) is 1.15. The van der Waals surface area contributed by atoms with Gasteiger partial charge in [0.1, 0.15) is 23.0 Å². The van der Waals surface area contributed by atoms with E-state index in [4.69, 9.17) is 5.73 Å². The van der Waals surface area contributed by atoms with Crippen molar-refractivity contribution in [3.63, 3.8) is 0 Å². The summed E-state index contributed by atoms with van der Waals surface area (Å²) in [5.74, 6) is 0.115. The van der Waals surface area contributed by atoms with Gasteiger partial charge in [-0.15, -0.1) is 0 Å². The standard InChI is InChI=1S/C17H13FN8O2/c18-11-4-20-16(10-2-1-3-12(13(10)11)26(27)28)24-5-9(6-24)25-8-23-14-15(19)21-7-22-17(14)25/h1-4,7-9H,5-6H2,(H2,19,21,22). The number of nitro benzene ring substituents is 1. The molecule has 28 heavy (non-hydrogen) atoms. The van der Waals surface area contributed by atoms with Crippen LogP contribution in [0.3, 0.4) is 0 Å². The van der Waals surface area contributed by atoms with Crippen LogP contribution in [0.5, 0.6) is 0 Å². The van der Waals surface area contributed by atoms with Crippen molar-refractivity contribution in [2.45, 2.75) is 6.04 Å². The highest BCUT2D eigenvalue weighted by molar-refractivity contribution is 5.98. The van der Waals surface area contributed by atoms with Gasteiger partial charge in [-0.05, 0) is 0 Å². The zero-order valence-corrected chi connectivity index (χ0v) is 14.4. The molecule has 1 aliphatic rings. The molecule has 0 aliphatic carbocycles. The summed E-state index contributed by atoms with van der Waals surface area (Å²) in [5, 5.41) is 11.6. The number of aromatic nitrogens is 5. The van der Waals surface area contributed by atoms with E-state index in [1.807, 2.05) is 9.47 Å². The van der Waals surface area contributed by atoms with Crippen molar-refractivity contribution in [3.05, 3.63) is 53.0 Å². The van der Waals surface area contributed by atoms with E-state index in [9.17, 15) is 14.5 Å². The van der Waals surface area contributed by atoms with Crippen LogP contribution < -0.4 is 10.6 Å². The van der Waals surface area contributed by atoms with E-state index in [0.29, 0.717) is 41.3 Å². The zero-order valence-electron chi connectivity index (χ0n) is 14.4. The number of rotatable bonds is 3. The molecular formula is C17H13FN8O2. The lowest BCUT2D eigenvalue weighted by atomic mass is 10.1. The van der Waals surface area contributed by atoms with Crippen LogP contribution in [0.2, 0.25) is 0 Å². The summed E-state index contributed by atoms with van der Waals surface area (Å²) in [4.78, 5) is 29.2. The molecule has 2 N–H and O–H groups in total. The van der Waals surface area contributed by atoms with Crippen molar-refractivity contribution in [1.82, 2.24) is 24.5 Å². The molecule has 4 aromatic rings. The molecule has 140 valence electrons. The number of nitro groups is 1. The van der Waals surface area contributed by atoms with Crippen LogP contribution in [0.15, 0.2) is 37.1 Å². The SMILES string of the molecule is Nc1ncnc2c1ncn2C1CN(c2ncc(F)c3c([N+](=O)[O-])cccc23)C1. The summed E-state index contributed by atoms with van der Waals surface area (Å²) in [7, 11) is 0. The number of imidazole rings is 1. The van der Waals surface area contributed by atoms with E-state index in [0.717, 1.165) is 6.20 Å². The van der Waals surface area contributed by atoms with Crippen molar-refractivity contribution < 1.29 is 9.31 Å². The second-order valence-corrected chi connectivity index (χ2v) is 6.53. The Morgan fingerprint density at radius 3 is 2.82 bits per heavy atom. The number of anilines is 2. The number of pyridine rings is 1. The third kappa shape index (κ3) is 2.25. The minimum atomic E-state index is -0.712. The predicted octanol–water partition coefficient (Wildman–Crippen LogP) is 2.07. The Morgan fingerprint density at radius 2 is 2.04 bits per heavy atom. The summed E-state index contributed by atoms with van der Waals surface area (Å²) in [6.07, 6.45) is 4.08. The molecule has 11 heteroatoms. The first-order valence-corrected chi connectivity index (χ1v) is 8.44. The predicted molar refractivity (Wildman–Crippen MR) is 99.3 cm³/mol. The number of non-ortho nitro benzene ring substituents is 1. The molecule has 3 aromatic heterocycles. The molecule has 0 amide bonds. The van der Waals surface area contributed by atoms with E-state index in [1.54, 1.807) is 12.4 Å². The smallest absolute Gasteiger partial charge is 0.280 e. The number of halogens is 1. The normalized spacial score (nSPS) is 14.5. The molecule has 0 saturated carbocycles. The summed E-state index contributed by atoms with van der Waals surface area (Å²) in [6, 6.07) is 4.53.